The van der Waals surface area contributed by atoms with Gasteiger partial charge in [-0.25, -0.2) is 4.98 Å². The van der Waals surface area contributed by atoms with Crippen LogP contribution >= 0.6 is 27.3 Å². The van der Waals surface area contributed by atoms with Crippen molar-refractivity contribution in [2.24, 2.45) is 0 Å². The molecule has 1 amide bonds. The molecule has 1 saturated heterocycles. The monoisotopic (exact) mass is 425 g/mol. The summed E-state index contributed by atoms with van der Waals surface area (Å²) in [6.07, 6.45) is 0. The predicted molar refractivity (Wildman–Crippen MR) is 101 cm³/mol. The molecule has 0 saturated carbocycles. The van der Waals surface area contributed by atoms with Gasteiger partial charge in [0.1, 0.15) is 16.5 Å². The summed E-state index contributed by atoms with van der Waals surface area (Å²) in [5.74, 6) is 0.585. The highest BCUT2D eigenvalue weighted by atomic mass is 79.9. The number of rotatable bonds is 6. The topological polar surface area (TPSA) is 63.7 Å². The smallest absolute Gasteiger partial charge is 0.270 e. The largest absolute Gasteiger partial charge is 0.496 e. The van der Waals surface area contributed by atoms with Crippen molar-refractivity contribution in [1.82, 2.24) is 15.2 Å². The summed E-state index contributed by atoms with van der Waals surface area (Å²) in [6.45, 7) is 4.78. The van der Waals surface area contributed by atoms with Crippen molar-refractivity contribution in [3.8, 4) is 16.3 Å². The minimum atomic E-state index is -0.148. The number of aromatic nitrogens is 1. The molecule has 8 heteroatoms. The normalized spacial score (nSPS) is 15.1. The third-order valence-corrected chi connectivity index (χ3v) is 5.31. The highest BCUT2D eigenvalue weighted by Gasteiger charge is 2.16. The Labute approximate surface area is 159 Å². The van der Waals surface area contributed by atoms with Crippen molar-refractivity contribution in [2.75, 3.05) is 46.5 Å². The van der Waals surface area contributed by atoms with E-state index in [1.807, 2.05) is 18.2 Å². The standard InChI is InChI=1S/C17H20BrN3O3S/c1-23-15-3-2-12(18)10-13(15)17-20-14(11-25-17)16(22)19-4-5-21-6-8-24-9-7-21/h2-3,10-11H,4-9H2,1H3,(H,19,22). The van der Waals surface area contributed by atoms with E-state index < -0.39 is 0 Å². The van der Waals surface area contributed by atoms with Crippen LogP contribution in [-0.4, -0.2) is 62.3 Å². The van der Waals surface area contributed by atoms with Gasteiger partial charge in [-0.05, 0) is 18.2 Å². The van der Waals surface area contributed by atoms with Crippen LogP contribution in [0.4, 0.5) is 0 Å². The fourth-order valence-electron chi connectivity index (χ4n) is 2.59. The van der Waals surface area contributed by atoms with Gasteiger partial charge >= 0.3 is 0 Å². The van der Waals surface area contributed by atoms with Gasteiger partial charge in [-0.1, -0.05) is 15.9 Å². The average Bonchev–Trinajstić information content (AvgIpc) is 3.12. The van der Waals surface area contributed by atoms with Crippen LogP contribution in [-0.2, 0) is 4.74 Å². The van der Waals surface area contributed by atoms with Crippen LogP contribution in [0.2, 0.25) is 0 Å². The van der Waals surface area contributed by atoms with Crippen LogP contribution < -0.4 is 10.1 Å². The Balaban J connectivity index is 1.61. The number of hydrogen-bond acceptors (Lipinski definition) is 6. The van der Waals surface area contributed by atoms with Crippen LogP contribution in [0.3, 0.4) is 0 Å². The molecule has 1 aromatic carbocycles. The molecule has 2 aromatic rings. The SMILES string of the molecule is COc1ccc(Br)cc1-c1nc(C(=O)NCCN2CCOCC2)cs1. The van der Waals surface area contributed by atoms with Gasteiger partial charge in [-0.15, -0.1) is 11.3 Å². The van der Waals surface area contributed by atoms with Crippen molar-refractivity contribution in [1.29, 1.82) is 0 Å². The maximum atomic E-state index is 12.3. The van der Waals surface area contributed by atoms with E-state index in [1.165, 1.54) is 11.3 Å². The fraction of sp³-hybridized carbons (Fsp3) is 0.412. The van der Waals surface area contributed by atoms with Crippen molar-refractivity contribution in [2.45, 2.75) is 0 Å². The fourth-order valence-corrected chi connectivity index (χ4v) is 3.77. The molecule has 0 unspecified atom stereocenters. The van der Waals surface area contributed by atoms with Gasteiger partial charge in [0.25, 0.3) is 5.91 Å². The Morgan fingerprint density at radius 3 is 3.00 bits per heavy atom. The Hall–Kier alpha value is -1.48. The van der Waals surface area contributed by atoms with Crippen LogP contribution in [0.25, 0.3) is 10.6 Å². The molecule has 1 N–H and O–H groups in total. The van der Waals surface area contributed by atoms with Crippen molar-refractivity contribution in [3.05, 3.63) is 33.7 Å². The Kier molecular flexibility index (Phi) is 6.41. The van der Waals surface area contributed by atoms with Gasteiger partial charge in [0.05, 0.1) is 25.9 Å². The molecule has 0 atom stereocenters. The lowest BCUT2D eigenvalue weighted by Crippen LogP contribution is -2.41. The summed E-state index contributed by atoms with van der Waals surface area (Å²) < 4.78 is 11.6. The number of methoxy groups -OCH3 is 1. The third kappa shape index (κ3) is 4.78. The molecule has 0 bridgehead atoms. The summed E-state index contributed by atoms with van der Waals surface area (Å²) >= 11 is 4.89. The van der Waals surface area contributed by atoms with Crippen molar-refractivity contribution in [3.63, 3.8) is 0 Å². The second kappa shape index (κ2) is 8.75. The van der Waals surface area contributed by atoms with Crippen molar-refractivity contribution < 1.29 is 14.3 Å². The average molecular weight is 426 g/mol. The van der Waals surface area contributed by atoms with Crippen LogP contribution in [0.5, 0.6) is 5.75 Å². The number of hydrogen-bond donors (Lipinski definition) is 1. The maximum absolute atomic E-state index is 12.3. The van der Waals surface area contributed by atoms with Gasteiger partial charge < -0.3 is 14.8 Å². The first-order valence-corrected chi connectivity index (χ1v) is 9.72. The number of nitrogens with zero attached hydrogens (tertiary/aromatic N) is 2. The summed E-state index contributed by atoms with van der Waals surface area (Å²) in [5.41, 5.74) is 1.30. The van der Waals surface area contributed by atoms with Gasteiger partial charge in [-0.3, -0.25) is 9.69 Å². The molecule has 134 valence electrons. The summed E-state index contributed by atoms with van der Waals surface area (Å²) in [4.78, 5) is 19.0. The molecule has 1 aliphatic rings. The zero-order valence-electron chi connectivity index (χ0n) is 14.0. The minimum Gasteiger partial charge on any atom is -0.496 e. The van der Waals surface area contributed by atoms with Gasteiger partial charge in [0, 0.05) is 36.0 Å². The lowest BCUT2D eigenvalue weighted by molar-refractivity contribution is 0.0383. The third-order valence-electron chi connectivity index (χ3n) is 3.95. The van der Waals surface area contributed by atoms with Crippen molar-refractivity contribution >= 4 is 33.2 Å². The number of nitrogens with one attached hydrogen (secondary N) is 1. The van der Waals surface area contributed by atoms with E-state index in [0.29, 0.717) is 12.2 Å². The molecule has 0 radical (unpaired) electrons. The predicted octanol–water partition coefficient (Wildman–Crippen LogP) is 2.64. The molecule has 1 aromatic heterocycles. The zero-order chi connectivity index (χ0) is 17.6. The molecule has 25 heavy (non-hydrogen) atoms. The number of halogens is 1. The lowest BCUT2D eigenvalue weighted by atomic mass is 10.2. The van der Waals surface area contributed by atoms with E-state index >= 15 is 0 Å². The highest BCUT2D eigenvalue weighted by molar-refractivity contribution is 9.10. The number of thiazole rings is 1. The quantitative estimate of drug-likeness (QED) is 0.770. The molecule has 3 rings (SSSR count). The van der Waals surface area contributed by atoms with E-state index in [2.05, 4.69) is 31.1 Å². The number of carbonyl (C=O) groups excluding carboxylic acids is 1. The van der Waals surface area contributed by atoms with E-state index in [9.17, 15) is 4.79 Å². The van der Waals surface area contributed by atoms with E-state index in [1.54, 1.807) is 12.5 Å². The zero-order valence-corrected chi connectivity index (χ0v) is 16.4. The first-order valence-electron chi connectivity index (χ1n) is 8.05. The Bertz CT molecular complexity index is 732. The van der Waals surface area contributed by atoms with Gasteiger partial charge in [-0.2, -0.15) is 0 Å². The maximum Gasteiger partial charge on any atom is 0.270 e. The molecule has 1 aliphatic heterocycles. The number of benzene rings is 1. The number of ether oxygens (including phenoxy) is 2. The summed E-state index contributed by atoms with van der Waals surface area (Å²) in [7, 11) is 1.62. The second-order valence-corrected chi connectivity index (χ2v) is 7.37. The number of amides is 1. The van der Waals surface area contributed by atoms with E-state index in [4.69, 9.17) is 9.47 Å². The van der Waals surface area contributed by atoms with E-state index in [-0.39, 0.29) is 5.91 Å². The molecular weight excluding hydrogens is 406 g/mol. The Morgan fingerprint density at radius 1 is 1.44 bits per heavy atom. The van der Waals surface area contributed by atoms with Gasteiger partial charge in [0.15, 0.2) is 0 Å². The van der Waals surface area contributed by atoms with Crippen LogP contribution in [0.1, 0.15) is 10.5 Å². The summed E-state index contributed by atoms with van der Waals surface area (Å²) in [5, 5.41) is 5.47. The number of carbonyl (C=O) groups is 1. The van der Waals surface area contributed by atoms with Gasteiger partial charge in [0.2, 0.25) is 0 Å². The summed E-state index contributed by atoms with van der Waals surface area (Å²) in [6, 6.07) is 5.73. The van der Waals surface area contributed by atoms with Crippen LogP contribution in [0, 0.1) is 0 Å². The van der Waals surface area contributed by atoms with Crippen LogP contribution in [0.15, 0.2) is 28.1 Å². The molecule has 1 fully saturated rings. The molecule has 0 spiro atoms. The minimum absolute atomic E-state index is 0.148. The first kappa shape index (κ1) is 18.3. The first-order chi connectivity index (χ1) is 12.2. The second-order valence-electron chi connectivity index (χ2n) is 5.59. The molecule has 0 aliphatic carbocycles. The van der Waals surface area contributed by atoms with E-state index in [0.717, 1.165) is 53.6 Å². The molecule has 6 nitrogen and oxygen atoms in total. The highest BCUT2D eigenvalue weighted by Crippen LogP contribution is 2.34. The molecule has 2 heterocycles. The Morgan fingerprint density at radius 2 is 2.24 bits per heavy atom. The number of morpholine rings is 1. The lowest BCUT2D eigenvalue weighted by Gasteiger charge is -2.26. The molecular formula is C17H20BrN3O3S.